The summed E-state index contributed by atoms with van der Waals surface area (Å²) in [6, 6.07) is 1.86. The topological polar surface area (TPSA) is 30.7 Å². The van der Waals surface area contributed by atoms with E-state index in [4.69, 9.17) is 11.6 Å². The van der Waals surface area contributed by atoms with Gasteiger partial charge in [0.25, 0.3) is 0 Å². The summed E-state index contributed by atoms with van der Waals surface area (Å²) in [5, 5.41) is 4.85. The first-order valence-corrected chi connectivity index (χ1v) is 4.78. The SMILES string of the molecule is Cn1nc(I)c2ncc(Cl)cc21. The van der Waals surface area contributed by atoms with Gasteiger partial charge in [-0.2, -0.15) is 5.10 Å². The largest absolute Gasteiger partial charge is 0.265 e. The molecular formula is C7H5ClIN3. The molecule has 0 amide bonds. The van der Waals surface area contributed by atoms with E-state index in [-0.39, 0.29) is 0 Å². The van der Waals surface area contributed by atoms with E-state index < -0.39 is 0 Å². The minimum atomic E-state index is 0.641. The van der Waals surface area contributed by atoms with E-state index >= 15 is 0 Å². The van der Waals surface area contributed by atoms with Gasteiger partial charge in [0.05, 0.1) is 10.5 Å². The lowest BCUT2D eigenvalue weighted by molar-refractivity contribution is 0.787. The van der Waals surface area contributed by atoms with Crippen LogP contribution in [0.1, 0.15) is 0 Å². The number of halogens is 2. The summed E-state index contributed by atoms with van der Waals surface area (Å²) in [7, 11) is 1.88. The zero-order valence-corrected chi connectivity index (χ0v) is 9.17. The number of aryl methyl sites for hydroxylation is 1. The Morgan fingerprint density at radius 1 is 1.58 bits per heavy atom. The molecule has 0 radical (unpaired) electrons. The predicted octanol–water partition coefficient (Wildman–Crippen LogP) is 2.23. The average molecular weight is 293 g/mol. The summed E-state index contributed by atoms with van der Waals surface area (Å²) in [4.78, 5) is 4.18. The van der Waals surface area contributed by atoms with Gasteiger partial charge < -0.3 is 0 Å². The van der Waals surface area contributed by atoms with Crippen molar-refractivity contribution in [2.24, 2.45) is 7.05 Å². The number of nitrogens with zero attached hydrogens (tertiary/aromatic N) is 3. The predicted molar refractivity (Wildman–Crippen MR) is 56.2 cm³/mol. The zero-order valence-electron chi connectivity index (χ0n) is 6.25. The molecule has 2 aromatic heterocycles. The number of rotatable bonds is 0. The van der Waals surface area contributed by atoms with Gasteiger partial charge in [-0.05, 0) is 28.7 Å². The van der Waals surface area contributed by atoms with Crippen molar-refractivity contribution < 1.29 is 0 Å². The Kier molecular flexibility index (Phi) is 1.96. The first-order valence-electron chi connectivity index (χ1n) is 3.32. The Morgan fingerprint density at radius 2 is 2.33 bits per heavy atom. The third-order valence-corrected chi connectivity index (χ3v) is 2.55. The van der Waals surface area contributed by atoms with Crippen LogP contribution in [0.3, 0.4) is 0 Å². The van der Waals surface area contributed by atoms with Crippen LogP contribution < -0.4 is 0 Å². The molecule has 5 heteroatoms. The van der Waals surface area contributed by atoms with E-state index in [2.05, 4.69) is 32.7 Å². The van der Waals surface area contributed by atoms with Gasteiger partial charge in [-0.1, -0.05) is 11.6 Å². The Bertz CT molecular complexity index is 437. The number of fused-ring (bicyclic) bond motifs is 1. The molecule has 3 nitrogen and oxygen atoms in total. The Balaban J connectivity index is 2.90. The van der Waals surface area contributed by atoms with Gasteiger partial charge in [-0.3, -0.25) is 9.67 Å². The molecule has 0 N–H and O–H groups in total. The first kappa shape index (κ1) is 8.25. The van der Waals surface area contributed by atoms with Crippen molar-refractivity contribution >= 4 is 45.2 Å². The number of hydrogen-bond donors (Lipinski definition) is 0. The summed E-state index contributed by atoms with van der Waals surface area (Å²) >= 11 is 7.95. The molecule has 0 fully saturated rings. The van der Waals surface area contributed by atoms with Crippen LogP contribution in [-0.4, -0.2) is 14.8 Å². The van der Waals surface area contributed by atoms with Crippen LogP contribution in [0.5, 0.6) is 0 Å². The molecule has 0 unspecified atom stereocenters. The summed E-state index contributed by atoms with van der Waals surface area (Å²) in [5.41, 5.74) is 1.87. The minimum Gasteiger partial charge on any atom is -0.265 e. The van der Waals surface area contributed by atoms with E-state index in [1.807, 2.05) is 13.1 Å². The lowest BCUT2D eigenvalue weighted by atomic mass is 10.4. The molecule has 0 aliphatic carbocycles. The molecule has 0 aromatic carbocycles. The molecule has 0 saturated heterocycles. The van der Waals surface area contributed by atoms with Gasteiger partial charge in [0.1, 0.15) is 9.22 Å². The third-order valence-electron chi connectivity index (χ3n) is 1.62. The maximum atomic E-state index is 5.79. The molecule has 0 saturated carbocycles. The van der Waals surface area contributed by atoms with Crippen molar-refractivity contribution in [3.8, 4) is 0 Å². The normalized spacial score (nSPS) is 10.9. The van der Waals surface area contributed by atoms with E-state index in [9.17, 15) is 0 Å². The summed E-state index contributed by atoms with van der Waals surface area (Å²) in [5.74, 6) is 0. The fraction of sp³-hybridized carbons (Fsp3) is 0.143. The second-order valence-electron chi connectivity index (χ2n) is 2.44. The van der Waals surface area contributed by atoms with Gasteiger partial charge >= 0.3 is 0 Å². The monoisotopic (exact) mass is 293 g/mol. The highest BCUT2D eigenvalue weighted by molar-refractivity contribution is 14.1. The second kappa shape index (κ2) is 2.85. The third kappa shape index (κ3) is 1.19. The number of aromatic nitrogens is 3. The average Bonchev–Trinajstić information content (AvgIpc) is 2.28. The lowest BCUT2D eigenvalue weighted by Gasteiger charge is -1.92. The highest BCUT2D eigenvalue weighted by Crippen LogP contribution is 2.19. The van der Waals surface area contributed by atoms with Crippen LogP contribution in [0.2, 0.25) is 5.02 Å². The maximum absolute atomic E-state index is 5.79. The van der Waals surface area contributed by atoms with Gasteiger partial charge in [0.15, 0.2) is 0 Å². The van der Waals surface area contributed by atoms with Crippen LogP contribution in [0.15, 0.2) is 12.3 Å². The van der Waals surface area contributed by atoms with Crippen LogP contribution >= 0.6 is 34.2 Å². The summed E-state index contributed by atoms with van der Waals surface area (Å²) in [6.07, 6.45) is 1.63. The minimum absolute atomic E-state index is 0.641. The quantitative estimate of drug-likeness (QED) is 0.697. The van der Waals surface area contributed by atoms with Gasteiger partial charge in [-0.15, -0.1) is 0 Å². The van der Waals surface area contributed by atoms with Crippen molar-refractivity contribution in [1.29, 1.82) is 0 Å². The van der Waals surface area contributed by atoms with Crippen LogP contribution in [0.25, 0.3) is 11.0 Å². The summed E-state index contributed by atoms with van der Waals surface area (Å²) < 4.78 is 2.68. The van der Waals surface area contributed by atoms with Crippen molar-refractivity contribution in [3.63, 3.8) is 0 Å². The first-order chi connectivity index (χ1) is 5.68. The van der Waals surface area contributed by atoms with Gasteiger partial charge in [-0.25, -0.2) is 0 Å². The van der Waals surface area contributed by atoms with E-state index in [0.29, 0.717) is 5.02 Å². The molecule has 0 aliphatic heterocycles. The molecule has 2 heterocycles. The smallest absolute Gasteiger partial charge is 0.149 e. The molecular weight excluding hydrogens is 288 g/mol. The maximum Gasteiger partial charge on any atom is 0.149 e. The van der Waals surface area contributed by atoms with E-state index in [1.54, 1.807) is 10.9 Å². The zero-order chi connectivity index (χ0) is 8.72. The standard InChI is InChI=1S/C7H5ClIN3/c1-12-5-2-4(8)3-10-6(5)7(9)11-12/h2-3H,1H3. The van der Waals surface area contributed by atoms with Crippen molar-refractivity contribution in [2.75, 3.05) is 0 Å². The number of pyridine rings is 1. The summed E-state index contributed by atoms with van der Waals surface area (Å²) in [6.45, 7) is 0. The van der Waals surface area contributed by atoms with E-state index in [1.165, 1.54) is 0 Å². The Hall–Kier alpha value is -0.360. The molecule has 12 heavy (non-hydrogen) atoms. The molecule has 0 bridgehead atoms. The molecule has 2 aromatic rings. The van der Waals surface area contributed by atoms with Crippen molar-refractivity contribution in [2.45, 2.75) is 0 Å². The van der Waals surface area contributed by atoms with Gasteiger partial charge in [0, 0.05) is 13.2 Å². The highest BCUT2D eigenvalue weighted by atomic mass is 127. The molecule has 2 rings (SSSR count). The molecule has 0 aliphatic rings. The second-order valence-corrected chi connectivity index (χ2v) is 3.89. The fourth-order valence-corrected chi connectivity index (χ4v) is 1.96. The molecule has 0 spiro atoms. The number of hydrogen-bond acceptors (Lipinski definition) is 2. The van der Waals surface area contributed by atoms with E-state index in [0.717, 1.165) is 14.7 Å². The molecule has 62 valence electrons. The van der Waals surface area contributed by atoms with Gasteiger partial charge in [0.2, 0.25) is 0 Å². The molecule has 0 atom stereocenters. The Labute approximate surface area is 87.9 Å². The lowest BCUT2D eigenvalue weighted by Crippen LogP contribution is -1.89. The highest BCUT2D eigenvalue weighted by Gasteiger charge is 2.06. The van der Waals surface area contributed by atoms with Crippen molar-refractivity contribution in [3.05, 3.63) is 21.0 Å². The van der Waals surface area contributed by atoms with Crippen molar-refractivity contribution in [1.82, 2.24) is 14.8 Å². The van der Waals surface area contributed by atoms with Crippen LogP contribution in [0, 0.1) is 3.70 Å². The van der Waals surface area contributed by atoms with Crippen LogP contribution in [0.4, 0.5) is 0 Å². The fourth-order valence-electron chi connectivity index (χ4n) is 1.07. The Morgan fingerprint density at radius 3 is 3.08 bits per heavy atom. The van der Waals surface area contributed by atoms with Crippen LogP contribution in [-0.2, 0) is 7.05 Å².